The molecular formula is C14H18BrFN2O2. The van der Waals surface area contributed by atoms with E-state index in [1.807, 2.05) is 6.92 Å². The second kappa shape index (κ2) is 7.15. The van der Waals surface area contributed by atoms with Crippen LogP contribution in [-0.2, 0) is 16.1 Å². The van der Waals surface area contributed by atoms with Crippen LogP contribution in [0.4, 0.5) is 4.39 Å². The highest BCUT2D eigenvalue weighted by molar-refractivity contribution is 9.10. The molecule has 1 unspecified atom stereocenters. The Hall–Kier alpha value is -0.980. The van der Waals surface area contributed by atoms with Crippen molar-refractivity contribution in [3.8, 4) is 0 Å². The number of nitrogens with zero attached hydrogens (tertiary/aromatic N) is 1. The van der Waals surface area contributed by atoms with Gasteiger partial charge < -0.3 is 15.0 Å². The molecule has 0 aromatic heterocycles. The molecular weight excluding hydrogens is 327 g/mol. The topological polar surface area (TPSA) is 41.6 Å². The molecule has 2 rings (SSSR count). The lowest BCUT2D eigenvalue weighted by atomic mass is 10.2. The fourth-order valence-electron chi connectivity index (χ4n) is 2.07. The van der Waals surface area contributed by atoms with Crippen LogP contribution in [0.15, 0.2) is 22.7 Å². The van der Waals surface area contributed by atoms with Gasteiger partial charge in [0.05, 0.1) is 19.3 Å². The molecule has 110 valence electrons. The van der Waals surface area contributed by atoms with Crippen molar-refractivity contribution in [1.82, 2.24) is 10.2 Å². The van der Waals surface area contributed by atoms with Crippen LogP contribution in [0.1, 0.15) is 12.5 Å². The summed E-state index contributed by atoms with van der Waals surface area (Å²) in [5.41, 5.74) is 0.924. The molecule has 1 heterocycles. The Bertz CT molecular complexity index is 478. The predicted molar refractivity (Wildman–Crippen MR) is 77.8 cm³/mol. The molecule has 0 saturated carbocycles. The maximum Gasteiger partial charge on any atom is 0.239 e. The number of nitrogens with one attached hydrogen (secondary N) is 1. The van der Waals surface area contributed by atoms with Crippen LogP contribution in [0.3, 0.4) is 0 Å². The molecule has 1 aliphatic heterocycles. The van der Waals surface area contributed by atoms with E-state index in [-0.39, 0.29) is 17.8 Å². The van der Waals surface area contributed by atoms with E-state index in [1.54, 1.807) is 11.0 Å². The number of carbonyl (C=O) groups is 1. The number of amides is 1. The lowest BCUT2D eigenvalue weighted by Gasteiger charge is -2.29. The summed E-state index contributed by atoms with van der Waals surface area (Å²) in [4.78, 5) is 14.0. The van der Waals surface area contributed by atoms with Crippen LogP contribution in [-0.4, -0.2) is 43.2 Å². The molecule has 0 bridgehead atoms. The summed E-state index contributed by atoms with van der Waals surface area (Å²) in [7, 11) is 0. The summed E-state index contributed by atoms with van der Waals surface area (Å²) < 4.78 is 18.9. The van der Waals surface area contributed by atoms with E-state index in [9.17, 15) is 9.18 Å². The number of morpholine rings is 1. The molecule has 1 saturated heterocycles. The Morgan fingerprint density at radius 1 is 1.50 bits per heavy atom. The average Bonchev–Trinajstić information content (AvgIpc) is 2.46. The van der Waals surface area contributed by atoms with E-state index < -0.39 is 0 Å². The largest absolute Gasteiger partial charge is 0.378 e. The molecule has 20 heavy (non-hydrogen) atoms. The summed E-state index contributed by atoms with van der Waals surface area (Å²) in [5, 5.41) is 3.17. The minimum Gasteiger partial charge on any atom is -0.378 e. The second-order valence-corrected chi connectivity index (χ2v) is 5.63. The van der Waals surface area contributed by atoms with E-state index in [1.165, 1.54) is 12.1 Å². The van der Waals surface area contributed by atoms with Gasteiger partial charge in [0, 0.05) is 24.1 Å². The first kappa shape index (κ1) is 15.4. The van der Waals surface area contributed by atoms with Gasteiger partial charge in [0.25, 0.3) is 0 Å². The standard InChI is InChI=1S/C14H18BrFN2O2/c1-10(14(19)18-4-6-20-7-5-18)17-9-11-2-3-12(16)8-13(11)15/h2-3,8,10,17H,4-7,9H2,1H3. The van der Waals surface area contributed by atoms with Gasteiger partial charge in [-0.05, 0) is 24.6 Å². The number of hydrogen-bond donors (Lipinski definition) is 1. The Kier molecular flexibility index (Phi) is 5.51. The van der Waals surface area contributed by atoms with Crippen LogP contribution in [0.2, 0.25) is 0 Å². The zero-order valence-electron chi connectivity index (χ0n) is 11.4. The minimum atomic E-state index is -0.280. The zero-order chi connectivity index (χ0) is 14.5. The first-order chi connectivity index (χ1) is 9.58. The number of carbonyl (C=O) groups excluding carboxylic acids is 1. The summed E-state index contributed by atoms with van der Waals surface area (Å²) >= 11 is 3.32. The van der Waals surface area contributed by atoms with Crippen molar-refractivity contribution in [3.05, 3.63) is 34.1 Å². The Morgan fingerprint density at radius 2 is 2.20 bits per heavy atom. The smallest absolute Gasteiger partial charge is 0.239 e. The summed E-state index contributed by atoms with van der Waals surface area (Å²) in [6, 6.07) is 4.27. The molecule has 0 aliphatic carbocycles. The van der Waals surface area contributed by atoms with Crippen molar-refractivity contribution in [2.45, 2.75) is 19.5 Å². The van der Waals surface area contributed by atoms with Gasteiger partial charge in [-0.25, -0.2) is 4.39 Å². The van der Waals surface area contributed by atoms with E-state index >= 15 is 0 Å². The molecule has 1 N–H and O–H groups in total. The third-order valence-electron chi connectivity index (χ3n) is 3.31. The fourth-order valence-corrected chi connectivity index (χ4v) is 2.56. The number of ether oxygens (including phenoxy) is 1. The third-order valence-corrected chi connectivity index (χ3v) is 4.05. The highest BCUT2D eigenvalue weighted by atomic mass is 79.9. The lowest BCUT2D eigenvalue weighted by Crippen LogP contribution is -2.49. The van der Waals surface area contributed by atoms with Crippen molar-refractivity contribution in [3.63, 3.8) is 0 Å². The molecule has 6 heteroatoms. The maximum atomic E-state index is 13.0. The highest BCUT2D eigenvalue weighted by Gasteiger charge is 2.22. The van der Waals surface area contributed by atoms with Gasteiger partial charge in [0.15, 0.2) is 0 Å². The van der Waals surface area contributed by atoms with Gasteiger partial charge in [0.2, 0.25) is 5.91 Å². The Balaban J connectivity index is 1.87. The summed E-state index contributed by atoms with van der Waals surface area (Å²) in [6.45, 7) is 4.84. The van der Waals surface area contributed by atoms with Gasteiger partial charge in [0.1, 0.15) is 5.82 Å². The Labute approximate surface area is 126 Å². The van der Waals surface area contributed by atoms with Crippen molar-refractivity contribution in [2.24, 2.45) is 0 Å². The molecule has 1 aliphatic rings. The second-order valence-electron chi connectivity index (χ2n) is 4.78. The average molecular weight is 345 g/mol. The van der Waals surface area contributed by atoms with Gasteiger partial charge in [-0.1, -0.05) is 22.0 Å². The van der Waals surface area contributed by atoms with E-state index in [4.69, 9.17) is 4.74 Å². The maximum absolute atomic E-state index is 13.0. The number of benzene rings is 1. The Morgan fingerprint density at radius 3 is 2.85 bits per heavy atom. The normalized spacial score (nSPS) is 17.1. The molecule has 4 nitrogen and oxygen atoms in total. The third kappa shape index (κ3) is 4.01. The van der Waals surface area contributed by atoms with Crippen LogP contribution >= 0.6 is 15.9 Å². The monoisotopic (exact) mass is 344 g/mol. The van der Waals surface area contributed by atoms with Gasteiger partial charge in [-0.3, -0.25) is 4.79 Å². The van der Waals surface area contributed by atoms with E-state index in [0.717, 1.165) is 5.56 Å². The minimum absolute atomic E-state index is 0.0755. The molecule has 0 radical (unpaired) electrons. The summed E-state index contributed by atoms with van der Waals surface area (Å²) in [6.07, 6.45) is 0. The molecule has 0 spiro atoms. The zero-order valence-corrected chi connectivity index (χ0v) is 13.0. The molecule has 1 fully saturated rings. The van der Waals surface area contributed by atoms with Crippen molar-refractivity contribution < 1.29 is 13.9 Å². The van der Waals surface area contributed by atoms with Crippen molar-refractivity contribution in [1.29, 1.82) is 0 Å². The SMILES string of the molecule is CC(NCc1ccc(F)cc1Br)C(=O)N1CCOCC1. The molecule has 1 aromatic rings. The van der Waals surface area contributed by atoms with Gasteiger partial charge >= 0.3 is 0 Å². The van der Waals surface area contributed by atoms with Gasteiger partial charge in [-0.2, -0.15) is 0 Å². The summed E-state index contributed by atoms with van der Waals surface area (Å²) in [5.74, 6) is -0.204. The van der Waals surface area contributed by atoms with Crippen LogP contribution < -0.4 is 5.32 Å². The van der Waals surface area contributed by atoms with E-state index in [0.29, 0.717) is 37.3 Å². The first-order valence-corrected chi connectivity index (χ1v) is 7.41. The quantitative estimate of drug-likeness (QED) is 0.907. The van der Waals surface area contributed by atoms with Crippen LogP contribution in [0.5, 0.6) is 0 Å². The van der Waals surface area contributed by atoms with E-state index in [2.05, 4.69) is 21.2 Å². The molecule has 1 amide bonds. The van der Waals surface area contributed by atoms with Gasteiger partial charge in [-0.15, -0.1) is 0 Å². The van der Waals surface area contributed by atoms with Crippen molar-refractivity contribution in [2.75, 3.05) is 26.3 Å². The van der Waals surface area contributed by atoms with Crippen molar-refractivity contribution >= 4 is 21.8 Å². The molecule has 1 aromatic carbocycles. The first-order valence-electron chi connectivity index (χ1n) is 6.62. The predicted octanol–water partition coefficient (Wildman–Crippen LogP) is 1.93. The highest BCUT2D eigenvalue weighted by Crippen LogP contribution is 2.18. The lowest BCUT2D eigenvalue weighted by molar-refractivity contribution is -0.137. The fraction of sp³-hybridized carbons (Fsp3) is 0.500. The number of halogens is 2. The van der Waals surface area contributed by atoms with Crippen LogP contribution in [0, 0.1) is 5.82 Å². The number of rotatable bonds is 4. The molecule has 1 atom stereocenters. The number of hydrogen-bond acceptors (Lipinski definition) is 3. The van der Waals surface area contributed by atoms with Crippen LogP contribution in [0.25, 0.3) is 0 Å².